The van der Waals surface area contributed by atoms with E-state index >= 15 is 0 Å². The molecule has 0 nitrogen and oxygen atoms in total. The number of hydrogen-bond donors (Lipinski definition) is 0. The molecule has 0 aliphatic carbocycles. The Morgan fingerprint density at radius 3 is 2.12 bits per heavy atom. The van der Waals surface area contributed by atoms with Crippen LogP contribution < -0.4 is 0 Å². The first-order valence-corrected chi connectivity index (χ1v) is 6.38. The number of benzene rings is 2. The van der Waals surface area contributed by atoms with E-state index in [1.165, 1.54) is 33.4 Å². The highest BCUT2D eigenvalue weighted by atomic mass is 35.5. The van der Waals surface area contributed by atoms with Gasteiger partial charge in [-0.15, -0.1) is 11.6 Å². The van der Waals surface area contributed by atoms with Crippen LogP contribution >= 0.6 is 11.6 Å². The summed E-state index contributed by atoms with van der Waals surface area (Å²) < 4.78 is 0. The van der Waals surface area contributed by atoms with Gasteiger partial charge in [0.2, 0.25) is 0 Å². The molecule has 0 aliphatic heterocycles. The molecule has 0 saturated carbocycles. The molecule has 0 saturated heterocycles. The van der Waals surface area contributed by atoms with Gasteiger partial charge in [0.25, 0.3) is 0 Å². The van der Waals surface area contributed by atoms with E-state index in [0.717, 1.165) is 0 Å². The van der Waals surface area contributed by atoms with Crippen LogP contribution in [0.3, 0.4) is 0 Å². The van der Waals surface area contributed by atoms with Crippen molar-refractivity contribution >= 4 is 11.6 Å². The molecule has 2 aromatic carbocycles. The van der Waals surface area contributed by atoms with Crippen LogP contribution in [0.25, 0.3) is 11.1 Å². The van der Waals surface area contributed by atoms with E-state index in [1.807, 2.05) is 0 Å². The molecule has 0 spiro atoms. The predicted octanol–water partition coefficient (Wildman–Crippen LogP) is 5.02. The van der Waals surface area contributed by atoms with Crippen molar-refractivity contribution in [2.75, 3.05) is 0 Å². The van der Waals surface area contributed by atoms with E-state index in [4.69, 9.17) is 11.6 Å². The van der Waals surface area contributed by atoms with Gasteiger partial charge in [-0.2, -0.15) is 0 Å². The van der Waals surface area contributed by atoms with Crippen LogP contribution in [0, 0.1) is 20.8 Å². The highest BCUT2D eigenvalue weighted by Gasteiger charge is 2.03. The van der Waals surface area contributed by atoms with E-state index < -0.39 is 0 Å². The van der Waals surface area contributed by atoms with E-state index in [0.29, 0.717) is 5.88 Å². The van der Waals surface area contributed by atoms with Gasteiger partial charge >= 0.3 is 0 Å². The van der Waals surface area contributed by atoms with E-state index in [2.05, 4.69) is 57.2 Å². The van der Waals surface area contributed by atoms with Crippen LogP contribution in [0.1, 0.15) is 22.3 Å². The van der Waals surface area contributed by atoms with E-state index in [1.54, 1.807) is 0 Å². The molecule has 0 bridgehead atoms. The number of rotatable bonds is 2. The molecule has 88 valence electrons. The van der Waals surface area contributed by atoms with Gasteiger partial charge in [-0.3, -0.25) is 0 Å². The zero-order chi connectivity index (χ0) is 12.4. The zero-order valence-corrected chi connectivity index (χ0v) is 11.3. The first kappa shape index (κ1) is 12.2. The number of hydrogen-bond acceptors (Lipinski definition) is 0. The minimum atomic E-state index is 0.567. The monoisotopic (exact) mass is 244 g/mol. The highest BCUT2D eigenvalue weighted by molar-refractivity contribution is 6.17. The quantitative estimate of drug-likeness (QED) is 0.651. The van der Waals surface area contributed by atoms with E-state index in [-0.39, 0.29) is 0 Å². The lowest BCUT2D eigenvalue weighted by Gasteiger charge is -2.10. The zero-order valence-electron chi connectivity index (χ0n) is 10.5. The smallest absolute Gasteiger partial charge is 0.0474 e. The van der Waals surface area contributed by atoms with Crippen LogP contribution in [0.2, 0.25) is 0 Å². The summed E-state index contributed by atoms with van der Waals surface area (Å²) in [6, 6.07) is 12.9. The van der Waals surface area contributed by atoms with Gasteiger partial charge in [0.15, 0.2) is 0 Å². The summed E-state index contributed by atoms with van der Waals surface area (Å²) in [6.45, 7) is 6.50. The maximum atomic E-state index is 5.87. The standard InChI is InChI=1S/C16H17Cl/c1-11-7-16(8-12(2)13(11)3)15-6-4-5-14(9-15)10-17/h4-9H,10H2,1-3H3. The molecule has 0 aromatic heterocycles. The fourth-order valence-corrected chi connectivity index (χ4v) is 2.20. The number of alkyl halides is 1. The molecule has 0 N–H and O–H groups in total. The van der Waals surface area contributed by atoms with Gasteiger partial charge in [-0.25, -0.2) is 0 Å². The Hall–Kier alpha value is -1.27. The van der Waals surface area contributed by atoms with Crippen LogP contribution in [0.5, 0.6) is 0 Å². The van der Waals surface area contributed by atoms with E-state index in [9.17, 15) is 0 Å². The summed E-state index contributed by atoms with van der Waals surface area (Å²) in [5, 5.41) is 0. The first-order chi connectivity index (χ1) is 8.11. The lowest BCUT2D eigenvalue weighted by atomic mass is 9.96. The number of halogens is 1. The average molecular weight is 245 g/mol. The topological polar surface area (TPSA) is 0 Å². The molecule has 17 heavy (non-hydrogen) atoms. The van der Waals surface area contributed by atoms with Crippen molar-refractivity contribution in [2.45, 2.75) is 26.7 Å². The molecule has 0 fully saturated rings. The van der Waals surface area contributed by atoms with Gasteiger partial charge in [0, 0.05) is 5.88 Å². The third-order valence-corrected chi connectivity index (χ3v) is 3.65. The van der Waals surface area contributed by atoms with Crippen molar-refractivity contribution < 1.29 is 0 Å². The van der Waals surface area contributed by atoms with Crippen LogP contribution in [-0.2, 0) is 5.88 Å². The Morgan fingerprint density at radius 2 is 1.53 bits per heavy atom. The van der Waals surface area contributed by atoms with Crippen LogP contribution in [0.4, 0.5) is 0 Å². The van der Waals surface area contributed by atoms with Gasteiger partial charge in [0.05, 0.1) is 0 Å². The largest absolute Gasteiger partial charge is 0.122 e. The fourth-order valence-electron chi connectivity index (χ4n) is 2.04. The lowest BCUT2D eigenvalue weighted by molar-refractivity contribution is 1.27. The van der Waals surface area contributed by atoms with Crippen molar-refractivity contribution in [3.05, 3.63) is 58.7 Å². The van der Waals surface area contributed by atoms with Gasteiger partial charge in [-0.05, 0) is 60.2 Å². The SMILES string of the molecule is Cc1cc(-c2cccc(CCl)c2)cc(C)c1C. The summed E-state index contributed by atoms with van der Waals surface area (Å²) in [6.07, 6.45) is 0. The molecule has 1 heteroatoms. The molecule has 0 heterocycles. The molecule has 0 atom stereocenters. The third-order valence-electron chi connectivity index (χ3n) is 3.34. The minimum absolute atomic E-state index is 0.567. The summed E-state index contributed by atoms with van der Waals surface area (Å²) in [4.78, 5) is 0. The summed E-state index contributed by atoms with van der Waals surface area (Å²) in [7, 11) is 0. The predicted molar refractivity (Wildman–Crippen MR) is 75.6 cm³/mol. The van der Waals surface area contributed by atoms with Crippen molar-refractivity contribution in [3.63, 3.8) is 0 Å². The van der Waals surface area contributed by atoms with Gasteiger partial charge in [0.1, 0.15) is 0 Å². The minimum Gasteiger partial charge on any atom is -0.122 e. The number of aryl methyl sites for hydroxylation is 2. The lowest BCUT2D eigenvalue weighted by Crippen LogP contribution is -1.89. The molecule has 2 rings (SSSR count). The second-order valence-corrected chi connectivity index (χ2v) is 4.84. The van der Waals surface area contributed by atoms with Gasteiger partial charge in [-0.1, -0.05) is 30.3 Å². The Balaban J connectivity index is 2.52. The molecule has 0 unspecified atom stereocenters. The molecule has 0 amide bonds. The maximum Gasteiger partial charge on any atom is 0.0474 e. The highest BCUT2D eigenvalue weighted by Crippen LogP contribution is 2.25. The molecular formula is C16H17Cl. The maximum absolute atomic E-state index is 5.87. The van der Waals surface area contributed by atoms with Crippen molar-refractivity contribution in [2.24, 2.45) is 0 Å². The molecule has 0 aliphatic rings. The summed E-state index contributed by atoms with van der Waals surface area (Å²) in [5.41, 5.74) is 7.75. The fraction of sp³-hybridized carbons (Fsp3) is 0.250. The van der Waals surface area contributed by atoms with Crippen LogP contribution in [0.15, 0.2) is 36.4 Å². The normalized spacial score (nSPS) is 10.6. The summed E-state index contributed by atoms with van der Waals surface area (Å²) in [5.74, 6) is 0.567. The molecular weight excluding hydrogens is 228 g/mol. The second-order valence-electron chi connectivity index (χ2n) is 4.57. The van der Waals surface area contributed by atoms with Crippen LogP contribution in [-0.4, -0.2) is 0 Å². The average Bonchev–Trinajstić information content (AvgIpc) is 2.35. The van der Waals surface area contributed by atoms with Crippen molar-refractivity contribution in [1.29, 1.82) is 0 Å². The molecule has 0 radical (unpaired) electrons. The van der Waals surface area contributed by atoms with Gasteiger partial charge < -0.3 is 0 Å². The Labute approximate surface area is 108 Å². The second kappa shape index (κ2) is 4.93. The summed E-state index contributed by atoms with van der Waals surface area (Å²) >= 11 is 5.87. The Morgan fingerprint density at radius 1 is 0.882 bits per heavy atom. The third kappa shape index (κ3) is 2.53. The Bertz CT molecular complexity index is 518. The van der Waals surface area contributed by atoms with Crippen molar-refractivity contribution in [3.8, 4) is 11.1 Å². The Kier molecular flexibility index (Phi) is 3.54. The van der Waals surface area contributed by atoms with Crippen molar-refractivity contribution in [1.82, 2.24) is 0 Å². The first-order valence-electron chi connectivity index (χ1n) is 5.85. The molecule has 2 aromatic rings.